The van der Waals surface area contributed by atoms with Crippen LogP contribution in [0.2, 0.25) is 0 Å². The van der Waals surface area contributed by atoms with Crippen LogP contribution in [0.3, 0.4) is 0 Å². The Kier molecular flexibility index (Phi) is 6.36. The zero-order valence-electron chi connectivity index (χ0n) is 11.2. The van der Waals surface area contributed by atoms with Gasteiger partial charge in [-0.05, 0) is 17.6 Å². The molecule has 0 fully saturated rings. The van der Waals surface area contributed by atoms with E-state index in [1.54, 1.807) is 6.08 Å². The molecule has 1 aromatic carbocycles. The summed E-state index contributed by atoms with van der Waals surface area (Å²) >= 11 is 0. The fraction of sp³-hybridized carbons (Fsp3) is 0.333. The van der Waals surface area contributed by atoms with Crippen molar-refractivity contribution in [3.63, 3.8) is 0 Å². The molecule has 0 radical (unpaired) electrons. The van der Waals surface area contributed by atoms with E-state index in [1.807, 2.05) is 50.3 Å². The molecule has 0 aliphatic heterocycles. The molecule has 0 amide bonds. The second-order valence-corrected chi connectivity index (χ2v) is 4.55. The van der Waals surface area contributed by atoms with Gasteiger partial charge in [-0.25, -0.2) is 4.79 Å². The Morgan fingerprint density at radius 3 is 2.63 bits per heavy atom. The first-order valence-corrected chi connectivity index (χ1v) is 6.23. The summed E-state index contributed by atoms with van der Waals surface area (Å²) in [7, 11) is 0. The molecule has 0 aromatic heterocycles. The van der Waals surface area contributed by atoms with Crippen LogP contribution in [0.5, 0.6) is 0 Å². The Morgan fingerprint density at radius 2 is 2.05 bits per heavy atom. The second-order valence-electron chi connectivity index (χ2n) is 4.55. The van der Waals surface area contributed by atoms with E-state index in [1.165, 1.54) is 0 Å². The molecule has 1 rings (SSSR count). The highest BCUT2D eigenvalue weighted by atomic mass is 16.6. The van der Waals surface area contributed by atoms with Crippen LogP contribution in [0.15, 0.2) is 41.6 Å². The highest BCUT2D eigenvalue weighted by Gasteiger charge is 2.11. The minimum Gasteiger partial charge on any atom is -0.477 e. The number of carboxylic acids is 1. The van der Waals surface area contributed by atoms with Crippen LogP contribution in [-0.2, 0) is 9.63 Å². The van der Waals surface area contributed by atoms with Crippen LogP contribution in [0.1, 0.15) is 25.8 Å². The van der Waals surface area contributed by atoms with Gasteiger partial charge in [0.25, 0.3) is 0 Å². The zero-order valence-corrected chi connectivity index (χ0v) is 11.2. The highest BCUT2D eigenvalue weighted by molar-refractivity contribution is 6.35. The fourth-order valence-electron chi connectivity index (χ4n) is 1.46. The number of nitrogens with zero attached hydrogens (tertiary/aromatic N) is 1. The Balaban J connectivity index is 2.43. The lowest BCUT2D eigenvalue weighted by Crippen LogP contribution is -2.16. The van der Waals surface area contributed by atoms with E-state index in [4.69, 9.17) is 9.94 Å². The zero-order chi connectivity index (χ0) is 14.1. The number of hydrogen-bond acceptors (Lipinski definition) is 3. The molecule has 102 valence electrons. The summed E-state index contributed by atoms with van der Waals surface area (Å²) in [6.45, 7) is 4.13. The second kappa shape index (κ2) is 8.08. The maximum atomic E-state index is 10.9. The lowest BCUT2D eigenvalue weighted by Gasteiger charge is -2.03. The van der Waals surface area contributed by atoms with Crippen molar-refractivity contribution in [1.82, 2.24) is 0 Å². The van der Waals surface area contributed by atoms with Gasteiger partial charge in [-0.15, -0.1) is 0 Å². The Hall–Kier alpha value is -2.10. The van der Waals surface area contributed by atoms with Crippen LogP contribution in [-0.4, -0.2) is 23.4 Å². The first-order valence-electron chi connectivity index (χ1n) is 6.23. The predicted molar refractivity (Wildman–Crippen MR) is 76.0 cm³/mol. The summed E-state index contributed by atoms with van der Waals surface area (Å²) in [5.74, 6) is -0.793. The quantitative estimate of drug-likeness (QED) is 0.466. The van der Waals surface area contributed by atoms with E-state index in [9.17, 15) is 4.79 Å². The van der Waals surface area contributed by atoms with Crippen molar-refractivity contribution >= 4 is 17.8 Å². The minimum atomic E-state index is -1.03. The van der Waals surface area contributed by atoms with Crippen LogP contribution < -0.4 is 0 Å². The van der Waals surface area contributed by atoms with Gasteiger partial charge in [-0.3, -0.25) is 0 Å². The predicted octanol–water partition coefficient (Wildman–Crippen LogP) is 3.20. The number of rotatable bonds is 7. The largest absolute Gasteiger partial charge is 0.477 e. The maximum absolute atomic E-state index is 10.9. The van der Waals surface area contributed by atoms with Crippen molar-refractivity contribution in [2.75, 3.05) is 6.61 Å². The lowest BCUT2D eigenvalue weighted by atomic mass is 10.1. The van der Waals surface area contributed by atoms with Crippen molar-refractivity contribution in [1.29, 1.82) is 0 Å². The standard InChI is InChI=1S/C15H19NO3/c1-12(2)11-14(15(17)18)16-19-10-6-9-13-7-4-3-5-8-13/h3-9,12H,10-11H2,1-2H3,(H,17,18). The van der Waals surface area contributed by atoms with Crippen LogP contribution >= 0.6 is 0 Å². The molecule has 0 saturated heterocycles. The Labute approximate surface area is 113 Å². The molecule has 19 heavy (non-hydrogen) atoms. The number of aliphatic carboxylic acids is 1. The van der Waals surface area contributed by atoms with E-state index in [-0.39, 0.29) is 18.2 Å². The third-order valence-corrected chi connectivity index (χ3v) is 2.30. The highest BCUT2D eigenvalue weighted by Crippen LogP contribution is 2.03. The van der Waals surface area contributed by atoms with Gasteiger partial charge in [0.15, 0.2) is 5.71 Å². The Bertz CT molecular complexity index is 450. The number of benzene rings is 1. The molecule has 1 N–H and O–H groups in total. The van der Waals surface area contributed by atoms with Crippen molar-refractivity contribution in [3.8, 4) is 0 Å². The van der Waals surface area contributed by atoms with Gasteiger partial charge in [0.05, 0.1) is 0 Å². The molecular formula is C15H19NO3. The third kappa shape index (κ3) is 6.41. The van der Waals surface area contributed by atoms with E-state index in [0.29, 0.717) is 6.42 Å². The topological polar surface area (TPSA) is 58.9 Å². The van der Waals surface area contributed by atoms with Crippen molar-refractivity contribution in [2.24, 2.45) is 11.1 Å². The summed E-state index contributed by atoms with van der Waals surface area (Å²) in [6, 6.07) is 9.79. The monoisotopic (exact) mass is 261 g/mol. The number of carbonyl (C=O) groups is 1. The molecule has 0 unspecified atom stereocenters. The van der Waals surface area contributed by atoms with Gasteiger partial charge in [0.2, 0.25) is 0 Å². The normalized spacial score (nSPS) is 12.1. The summed E-state index contributed by atoms with van der Waals surface area (Å²) < 4.78 is 0. The molecule has 4 nitrogen and oxygen atoms in total. The van der Waals surface area contributed by atoms with Crippen molar-refractivity contribution < 1.29 is 14.7 Å². The number of hydrogen-bond donors (Lipinski definition) is 1. The first-order chi connectivity index (χ1) is 9.09. The molecule has 0 saturated carbocycles. The molecule has 0 heterocycles. The van der Waals surface area contributed by atoms with Crippen molar-refractivity contribution in [2.45, 2.75) is 20.3 Å². The van der Waals surface area contributed by atoms with Gasteiger partial charge in [-0.2, -0.15) is 0 Å². The molecule has 0 atom stereocenters. The lowest BCUT2D eigenvalue weighted by molar-refractivity contribution is -0.129. The fourth-order valence-corrected chi connectivity index (χ4v) is 1.46. The van der Waals surface area contributed by atoms with E-state index >= 15 is 0 Å². The molecule has 4 heteroatoms. The molecule has 0 aliphatic carbocycles. The maximum Gasteiger partial charge on any atom is 0.353 e. The Morgan fingerprint density at radius 1 is 1.37 bits per heavy atom. The summed E-state index contributed by atoms with van der Waals surface area (Å²) in [6.07, 6.45) is 4.10. The van der Waals surface area contributed by atoms with Crippen LogP contribution in [0.4, 0.5) is 0 Å². The van der Waals surface area contributed by atoms with E-state index in [2.05, 4.69) is 5.16 Å². The molecule has 0 aliphatic rings. The molecular weight excluding hydrogens is 242 g/mol. The summed E-state index contributed by atoms with van der Waals surface area (Å²) in [5, 5.41) is 12.6. The van der Waals surface area contributed by atoms with E-state index < -0.39 is 5.97 Å². The average molecular weight is 261 g/mol. The number of carboxylic acid groups (broad SMARTS) is 1. The van der Waals surface area contributed by atoms with E-state index in [0.717, 1.165) is 5.56 Å². The van der Waals surface area contributed by atoms with Gasteiger partial charge in [-0.1, -0.05) is 55.4 Å². The molecule has 0 bridgehead atoms. The summed E-state index contributed by atoms with van der Waals surface area (Å²) in [5.41, 5.74) is 1.12. The smallest absolute Gasteiger partial charge is 0.353 e. The molecule has 0 spiro atoms. The summed E-state index contributed by atoms with van der Waals surface area (Å²) in [4.78, 5) is 15.9. The van der Waals surface area contributed by atoms with Crippen LogP contribution in [0, 0.1) is 5.92 Å². The number of oxime groups is 1. The van der Waals surface area contributed by atoms with Gasteiger partial charge >= 0.3 is 5.97 Å². The van der Waals surface area contributed by atoms with Gasteiger partial charge in [0, 0.05) is 6.42 Å². The van der Waals surface area contributed by atoms with Gasteiger partial charge < -0.3 is 9.94 Å². The van der Waals surface area contributed by atoms with Gasteiger partial charge in [0.1, 0.15) is 6.61 Å². The minimum absolute atomic E-state index is 0.0584. The first kappa shape index (κ1) is 15.0. The molecule has 1 aromatic rings. The van der Waals surface area contributed by atoms with Crippen molar-refractivity contribution in [3.05, 3.63) is 42.0 Å². The SMILES string of the molecule is CC(C)CC(=NOCC=Cc1ccccc1)C(=O)O. The van der Waals surface area contributed by atoms with Crippen LogP contribution in [0.25, 0.3) is 6.08 Å². The third-order valence-electron chi connectivity index (χ3n) is 2.30. The average Bonchev–Trinajstić information content (AvgIpc) is 2.37.